The lowest BCUT2D eigenvalue weighted by Crippen LogP contribution is -2.59. The molecule has 3 amide bonds. The highest BCUT2D eigenvalue weighted by molar-refractivity contribution is 5.94. The molecule has 0 aromatic rings. The first kappa shape index (κ1) is 28.8. The van der Waals surface area contributed by atoms with Crippen LogP contribution in [0.5, 0.6) is 0 Å². The highest BCUT2D eigenvalue weighted by Crippen LogP contribution is 2.10. The van der Waals surface area contributed by atoms with Crippen LogP contribution in [-0.4, -0.2) is 71.2 Å². The van der Waals surface area contributed by atoms with Gasteiger partial charge in [0, 0.05) is 0 Å². The largest absolute Gasteiger partial charge is 0.480 e. The topological polar surface area (TPSA) is 197 Å². The molecule has 5 unspecified atom stereocenters. The lowest BCUT2D eigenvalue weighted by atomic mass is 9.97. The van der Waals surface area contributed by atoms with Gasteiger partial charge in [-0.25, -0.2) is 4.79 Å². The predicted molar refractivity (Wildman–Crippen MR) is 116 cm³/mol. The first-order chi connectivity index (χ1) is 14.5. The molecule has 0 saturated heterocycles. The van der Waals surface area contributed by atoms with E-state index in [-0.39, 0.29) is 11.8 Å². The molecule has 0 fully saturated rings. The Hall–Kier alpha value is -2.24. The quantitative estimate of drug-likeness (QED) is 0.150. The van der Waals surface area contributed by atoms with Crippen molar-refractivity contribution in [2.45, 2.75) is 77.5 Å². The van der Waals surface area contributed by atoms with Gasteiger partial charge in [-0.3, -0.25) is 14.4 Å². The average Bonchev–Trinajstić information content (AvgIpc) is 2.72. The van der Waals surface area contributed by atoms with Crippen molar-refractivity contribution in [2.75, 3.05) is 13.2 Å². The summed E-state index contributed by atoms with van der Waals surface area (Å²) in [7, 11) is 0. The van der Waals surface area contributed by atoms with Crippen LogP contribution in [0.25, 0.3) is 0 Å². The fourth-order valence-corrected chi connectivity index (χ4v) is 2.83. The summed E-state index contributed by atoms with van der Waals surface area (Å²) in [4.78, 5) is 48.9. The van der Waals surface area contributed by atoms with Gasteiger partial charge in [-0.05, 0) is 31.2 Å². The number of aliphatic hydroxyl groups is 1. The Bertz CT molecular complexity index is 601. The maximum absolute atomic E-state index is 12.7. The molecule has 0 bridgehead atoms. The van der Waals surface area contributed by atoms with E-state index in [1.807, 2.05) is 6.92 Å². The third kappa shape index (κ3) is 10.1. The lowest BCUT2D eigenvalue weighted by Gasteiger charge is -2.27. The number of carboxylic acids is 1. The van der Waals surface area contributed by atoms with E-state index in [9.17, 15) is 29.4 Å². The smallest absolute Gasteiger partial charge is 0.326 e. The van der Waals surface area contributed by atoms with Crippen molar-refractivity contribution in [3.05, 3.63) is 0 Å². The second-order valence-electron chi connectivity index (χ2n) is 8.08. The van der Waals surface area contributed by atoms with Crippen LogP contribution in [0.4, 0.5) is 0 Å². The van der Waals surface area contributed by atoms with Crippen LogP contribution in [0.15, 0.2) is 0 Å². The maximum Gasteiger partial charge on any atom is 0.326 e. The van der Waals surface area contributed by atoms with Crippen molar-refractivity contribution in [3.8, 4) is 0 Å². The van der Waals surface area contributed by atoms with Crippen LogP contribution in [0.1, 0.15) is 53.4 Å². The van der Waals surface area contributed by atoms with Gasteiger partial charge in [-0.1, -0.05) is 40.5 Å². The molecule has 31 heavy (non-hydrogen) atoms. The van der Waals surface area contributed by atoms with E-state index < -0.39 is 54.5 Å². The maximum atomic E-state index is 12.7. The molecular formula is C20H39N5O6. The summed E-state index contributed by atoms with van der Waals surface area (Å²) >= 11 is 0. The van der Waals surface area contributed by atoms with Crippen LogP contribution in [0.3, 0.4) is 0 Å². The van der Waals surface area contributed by atoms with Crippen molar-refractivity contribution in [3.63, 3.8) is 0 Å². The molecule has 0 aliphatic carbocycles. The highest BCUT2D eigenvalue weighted by Gasteiger charge is 2.33. The third-order valence-electron chi connectivity index (χ3n) is 5.15. The number of amides is 3. The van der Waals surface area contributed by atoms with Gasteiger partial charge in [0.2, 0.25) is 17.7 Å². The van der Waals surface area contributed by atoms with Crippen LogP contribution in [0.2, 0.25) is 0 Å². The number of nitrogens with two attached hydrogens (primary N) is 2. The number of aliphatic hydroxyl groups excluding tert-OH is 1. The molecule has 0 spiro atoms. The van der Waals surface area contributed by atoms with Crippen LogP contribution in [-0.2, 0) is 19.2 Å². The molecule has 180 valence electrons. The Balaban J connectivity index is 5.12. The summed E-state index contributed by atoms with van der Waals surface area (Å²) in [5.74, 6) is -3.87. The standard InChI is InChI=1S/C20H39N5O6/c1-5-12(4)16(20(30)31)25-19(29)15(11(2)3)24-18(28)14(10-26)23-17(27)13(22)8-6-7-9-21/h11-16,26H,5-10,21-22H2,1-4H3,(H,23,27)(H,24,28)(H,25,29)(H,30,31). The van der Waals surface area contributed by atoms with Crippen LogP contribution in [0, 0.1) is 11.8 Å². The number of carboxylic acid groups (broad SMARTS) is 1. The van der Waals surface area contributed by atoms with Gasteiger partial charge in [-0.2, -0.15) is 0 Å². The molecule has 0 rings (SSSR count). The zero-order valence-corrected chi connectivity index (χ0v) is 18.9. The molecule has 0 heterocycles. The second-order valence-corrected chi connectivity index (χ2v) is 8.08. The Morgan fingerprint density at radius 1 is 0.903 bits per heavy atom. The molecular weight excluding hydrogens is 406 g/mol. The summed E-state index contributed by atoms with van der Waals surface area (Å²) in [5.41, 5.74) is 11.2. The molecule has 0 aromatic carbocycles. The number of hydrogen-bond donors (Lipinski definition) is 7. The minimum absolute atomic E-state index is 0.310. The molecule has 9 N–H and O–H groups in total. The molecule has 5 atom stereocenters. The van der Waals surface area contributed by atoms with E-state index >= 15 is 0 Å². The Kier molecular flexibility index (Phi) is 13.6. The zero-order valence-electron chi connectivity index (χ0n) is 18.9. The summed E-state index contributed by atoms with van der Waals surface area (Å²) in [5, 5.41) is 26.3. The van der Waals surface area contributed by atoms with E-state index in [2.05, 4.69) is 16.0 Å². The highest BCUT2D eigenvalue weighted by atomic mass is 16.4. The number of carbonyl (C=O) groups excluding carboxylic acids is 3. The van der Waals surface area contributed by atoms with E-state index in [4.69, 9.17) is 11.5 Å². The van der Waals surface area contributed by atoms with Crippen molar-refractivity contribution in [1.82, 2.24) is 16.0 Å². The minimum atomic E-state index is -1.30. The van der Waals surface area contributed by atoms with Gasteiger partial charge < -0.3 is 37.6 Å². The molecule has 0 radical (unpaired) electrons. The molecule has 0 aliphatic rings. The summed E-state index contributed by atoms with van der Waals surface area (Å²) < 4.78 is 0. The molecule has 11 nitrogen and oxygen atoms in total. The number of hydrogen-bond acceptors (Lipinski definition) is 7. The number of carbonyl (C=O) groups is 4. The fourth-order valence-electron chi connectivity index (χ4n) is 2.83. The van der Waals surface area contributed by atoms with Crippen molar-refractivity contribution in [2.24, 2.45) is 23.3 Å². The minimum Gasteiger partial charge on any atom is -0.480 e. The average molecular weight is 446 g/mol. The number of nitrogens with one attached hydrogen (secondary N) is 3. The SMILES string of the molecule is CCC(C)C(NC(=O)C(NC(=O)C(CO)NC(=O)C(N)CCCCN)C(C)C)C(=O)O. The van der Waals surface area contributed by atoms with Crippen molar-refractivity contribution in [1.29, 1.82) is 0 Å². The summed E-state index contributed by atoms with van der Waals surface area (Å²) in [6.07, 6.45) is 2.29. The Morgan fingerprint density at radius 3 is 1.94 bits per heavy atom. The zero-order chi connectivity index (χ0) is 24.1. The summed E-state index contributed by atoms with van der Waals surface area (Å²) in [6, 6.07) is -4.31. The van der Waals surface area contributed by atoms with Gasteiger partial charge >= 0.3 is 5.97 Å². The van der Waals surface area contributed by atoms with E-state index in [1.165, 1.54) is 0 Å². The molecule has 11 heteroatoms. The monoisotopic (exact) mass is 445 g/mol. The number of aliphatic carboxylic acids is 1. The first-order valence-corrected chi connectivity index (χ1v) is 10.7. The fraction of sp³-hybridized carbons (Fsp3) is 0.800. The van der Waals surface area contributed by atoms with Gasteiger partial charge in [0.05, 0.1) is 12.6 Å². The number of rotatable bonds is 15. The van der Waals surface area contributed by atoms with E-state index in [0.717, 1.165) is 0 Å². The van der Waals surface area contributed by atoms with Gasteiger partial charge in [0.15, 0.2) is 0 Å². The van der Waals surface area contributed by atoms with Gasteiger partial charge in [0.25, 0.3) is 0 Å². The second kappa shape index (κ2) is 14.7. The third-order valence-corrected chi connectivity index (χ3v) is 5.15. The van der Waals surface area contributed by atoms with Crippen molar-refractivity contribution < 1.29 is 29.4 Å². The van der Waals surface area contributed by atoms with Gasteiger partial charge in [0.1, 0.15) is 18.1 Å². The normalized spacial score (nSPS) is 16.0. The van der Waals surface area contributed by atoms with Crippen molar-refractivity contribution >= 4 is 23.7 Å². The molecule has 0 saturated carbocycles. The first-order valence-electron chi connectivity index (χ1n) is 10.7. The van der Waals surface area contributed by atoms with E-state index in [0.29, 0.717) is 32.2 Å². The number of unbranched alkanes of at least 4 members (excludes halogenated alkanes) is 1. The van der Waals surface area contributed by atoms with Crippen LogP contribution >= 0.6 is 0 Å². The summed E-state index contributed by atoms with van der Waals surface area (Å²) in [6.45, 7) is 6.67. The molecule has 0 aromatic heterocycles. The Labute approximate surface area is 183 Å². The predicted octanol–water partition coefficient (Wildman–Crippen LogP) is -1.32. The van der Waals surface area contributed by atoms with Crippen LogP contribution < -0.4 is 27.4 Å². The van der Waals surface area contributed by atoms with E-state index in [1.54, 1.807) is 20.8 Å². The Morgan fingerprint density at radius 2 is 1.48 bits per heavy atom. The van der Waals surface area contributed by atoms with Gasteiger partial charge in [-0.15, -0.1) is 0 Å². The molecule has 0 aliphatic heterocycles. The lowest BCUT2D eigenvalue weighted by molar-refractivity contribution is -0.144.